The molecule has 4 rings (SSSR count). The van der Waals surface area contributed by atoms with Gasteiger partial charge in [-0.25, -0.2) is 10.5 Å². The number of benzene rings is 2. The highest BCUT2D eigenvalue weighted by Crippen LogP contribution is 2.33. The first-order valence-electron chi connectivity index (χ1n) is 10.5. The van der Waals surface area contributed by atoms with Crippen LogP contribution in [0.15, 0.2) is 54.6 Å². The quantitative estimate of drug-likeness (QED) is 0.379. The second kappa shape index (κ2) is 8.81. The number of para-hydroxylation sites is 2. The van der Waals surface area contributed by atoms with E-state index in [1.165, 1.54) is 12.5 Å². The van der Waals surface area contributed by atoms with E-state index < -0.39 is 5.91 Å². The zero-order valence-electron chi connectivity index (χ0n) is 17.5. The molecule has 1 aliphatic heterocycles. The molecule has 156 valence electrons. The number of hydrogen-bond acceptors (Lipinski definition) is 4. The second-order valence-corrected chi connectivity index (χ2v) is 8.11. The normalized spacial score (nSPS) is 17.8. The van der Waals surface area contributed by atoms with Gasteiger partial charge in [0.05, 0.1) is 11.0 Å². The molecule has 0 radical (unpaired) electrons. The summed E-state index contributed by atoms with van der Waals surface area (Å²) in [6.45, 7) is 6.67. The molecule has 2 N–H and O–H groups in total. The van der Waals surface area contributed by atoms with Crippen LogP contribution in [-0.2, 0) is 4.79 Å². The molecule has 3 aromatic rings. The van der Waals surface area contributed by atoms with Gasteiger partial charge in [0.15, 0.2) is 0 Å². The summed E-state index contributed by atoms with van der Waals surface area (Å²) in [5.41, 5.74) is 5.66. The Bertz CT molecular complexity index is 1070. The fourth-order valence-corrected chi connectivity index (χ4v) is 4.27. The number of nitrogens with zero attached hydrogens (tertiary/aromatic N) is 3. The third-order valence-corrected chi connectivity index (χ3v) is 5.80. The zero-order chi connectivity index (χ0) is 21.1. The van der Waals surface area contributed by atoms with E-state index in [1.807, 2.05) is 24.3 Å². The van der Waals surface area contributed by atoms with Crippen molar-refractivity contribution in [3.8, 4) is 11.4 Å². The number of hydrogen-bond donors (Lipinski definition) is 2. The number of fused-ring (bicyclic) bond motifs is 1. The molecule has 6 heteroatoms. The van der Waals surface area contributed by atoms with E-state index in [-0.39, 0.29) is 0 Å². The molecule has 1 aromatic heterocycles. The van der Waals surface area contributed by atoms with Crippen LogP contribution in [0, 0.1) is 0 Å². The van der Waals surface area contributed by atoms with Gasteiger partial charge < -0.3 is 4.57 Å². The van der Waals surface area contributed by atoms with Crippen molar-refractivity contribution in [1.29, 1.82) is 0 Å². The molecule has 2 heterocycles. The fraction of sp³-hybridized carbons (Fsp3) is 0.333. The highest BCUT2D eigenvalue weighted by molar-refractivity contribution is 5.91. The monoisotopic (exact) mass is 404 g/mol. The molecular weight excluding hydrogens is 376 g/mol. The second-order valence-electron chi connectivity index (χ2n) is 8.11. The third kappa shape index (κ3) is 4.15. The minimum Gasteiger partial charge on any atom is -0.320 e. The number of hydroxylamine groups is 1. The average Bonchev–Trinajstić information content (AvgIpc) is 3.17. The van der Waals surface area contributed by atoms with Gasteiger partial charge in [0.1, 0.15) is 5.82 Å². The van der Waals surface area contributed by atoms with Crippen molar-refractivity contribution in [1.82, 2.24) is 19.9 Å². The summed E-state index contributed by atoms with van der Waals surface area (Å²) in [5.74, 6) is 0.400. The molecule has 1 fully saturated rings. The molecule has 30 heavy (non-hydrogen) atoms. The SMILES string of the molecule is CC(C)N1CCCC(n2c(-c3cccc(C=CC(=O)NO)c3)nc3ccccc32)C1. The van der Waals surface area contributed by atoms with Crippen LogP contribution in [-0.4, -0.2) is 44.7 Å². The number of nitrogens with one attached hydrogen (secondary N) is 1. The predicted molar refractivity (Wildman–Crippen MR) is 119 cm³/mol. The standard InChI is InChI=1S/C24H28N4O2/c1-17(2)27-14-6-9-20(16-27)28-22-11-4-3-10-21(22)25-24(28)19-8-5-7-18(15-19)12-13-23(29)26-30/h3-5,7-8,10-13,15,17,20,30H,6,9,14,16H2,1-2H3,(H,26,29). The van der Waals surface area contributed by atoms with Crippen molar-refractivity contribution >= 4 is 23.0 Å². The Labute approximate surface area is 176 Å². The number of carbonyl (C=O) groups is 1. The van der Waals surface area contributed by atoms with Crippen LogP contribution in [0.25, 0.3) is 28.5 Å². The molecule has 0 aliphatic carbocycles. The molecule has 1 atom stereocenters. The first-order valence-corrected chi connectivity index (χ1v) is 10.5. The Morgan fingerprint density at radius 3 is 2.87 bits per heavy atom. The van der Waals surface area contributed by atoms with Crippen LogP contribution in [0.3, 0.4) is 0 Å². The summed E-state index contributed by atoms with van der Waals surface area (Å²) in [7, 11) is 0. The van der Waals surface area contributed by atoms with Gasteiger partial charge in [-0.05, 0) is 63.1 Å². The fourth-order valence-electron chi connectivity index (χ4n) is 4.27. The van der Waals surface area contributed by atoms with Gasteiger partial charge in [-0.3, -0.25) is 14.9 Å². The first kappa shape index (κ1) is 20.3. The van der Waals surface area contributed by atoms with Crippen molar-refractivity contribution in [3.05, 3.63) is 60.2 Å². The number of carbonyl (C=O) groups excluding carboxylic acids is 1. The molecule has 0 saturated carbocycles. The minimum atomic E-state index is -0.552. The Hall–Kier alpha value is -2.96. The number of imidazole rings is 1. The number of aromatic nitrogens is 2. The lowest BCUT2D eigenvalue weighted by atomic mass is 10.0. The van der Waals surface area contributed by atoms with E-state index in [9.17, 15) is 4.79 Å². The lowest BCUT2D eigenvalue weighted by molar-refractivity contribution is -0.124. The van der Waals surface area contributed by atoms with E-state index in [0.29, 0.717) is 12.1 Å². The van der Waals surface area contributed by atoms with Crippen LogP contribution in [0.2, 0.25) is 0 Å². The number of likely N-dealkylation sites (tertiary alicyclic amines) is 1. The van der Waals surface area contributed by atoms with Gasteiger partial charge in [-0.15, -0.1) is 0 Å². The van der Waals surface area contributed by atoms with Crippen molar-refractivity contribution < 1.29 is 10.0 Å². The molecule has 1 unspecified atom stereocenters. The molecule has 2 aromatic carbocycles. The van der Waals surface area contributed by atoms with Crippen LogP contribution in [0.1, 0.15) is 38.3 Å². The smallest absolute Gasteiger partial charge is 0.267 e. The van der Waals surface area contributed by atoms with Gasteiger partial charge in [-0.1, -0.05) is 30.3 Å². The van der Waals surface area contributed by atoms with Crippen molar-refractivity contribution in [2.45, 2.75) is 38.8 Å². The summed E-state index contributed by atoms with van der Waals surface area (Å²) < 4.78 is 2.40. The molecular formula is C24H28N4O2. The lowest BCUT2D eigenvalue weighted by Crippen LogP contribution is -2.40. The maximum atomic E-state index is 11.3. The van der Waals surface area contributed by atoms with Crippen molar-refractivity contribution in [2.24, 2.45) is 0 Å². The van der Waals surface area contributed by atoms with Crippen LogP contribution < -0.4 is 5.48 Å². The molecule has 6 nitrogen and oxygen atoms in total. The van der Waals surface area contributed by atoms with Gasteiger partial charge in [0.2, 0.25) is 0 Å². The number of amides is 1. The summed E-state index contributed by atoms with van der Waals surface area (Å²) >= 11 is 0. The predicted octanol–water partition coefficient (Wildman–Crippen LogP) is 4.27. The summed E-state index contributed by atoms with van der Waals surface area (Å²) in [6.07, 6.45) is 5.30. The Morgan fingerprint density at radius 1 is 1.23 bits per heavy atom. The van der Waals surface area contributed by atoms with E-state index in [4.69, 9.17) is 10.2 Å². The highest BCUT2D eigenvalue weighted by Gasteiger charge is 2.26. The van der Waals surface area contributed by atoms with Gasteiger partial charge in [-0.2, -0.15) is 0 Å². The first-order chi connectivity index (χ1) is 14.6. The largest absolute Gasteiger partial charge is 0.320 e. The maximum Gasteiger partial charge on any atom is 0.267 e. The Balaban J connectivity index is 1.77. The molecule has 0 spiro atoms. The summed E-state index contributed by atoms with van der Waals surface area (Å²) in [4.78, 5) is 18.9. The maximum absolute atomic E-state index is 11.3. The lowest BCUT2D eigenvalue weighted by Gasteiger charge is -2.36. The highest BCUT2D eigenvalue weighted by atomic mass is 16.5. The molecule has 1 amide bonds. The van der Waals surface area contributed by atoms with E-state index in [0.717, 1.165) is 47.5 Å². The Kier molecular flexibility index (Phi) is 5.97. The van der Waals surface area contributed by atoms with Crippen LogP contribution >= 0.6 is 0 Å². The van der Waals surface area contributed by atoms with Crippen molar-refractivity contribution in [2.75, 3.05) is 13.1 Å². The van der Waals surface area contributed by atoms with Gasteiger partial charge >= 0.3 is 0 Å². The van der Waals surface area contributed by atoms with Crippen molar-refractivity contribution in [3.63, 3.8) is 0 Å². The zero-order valence-corrected chi connectivity index (χ0v) is 17.5. The van der Waals surface area contributed by atoms with Crippen LogP contribution in [0.4, 0.5) is 0 Å². The van der Waals surface area contributed by atoms with E-state index in [2.05, 4.69) is 47.6 Å². The van der Waals surface area contributed by atoms with E-state index in [1.54, 1.807) is 11.6 Å². The number of piperidine rings is 1. The minimum absolute atomic E-state index is 0.364. The van der Waals surface area contributed by atoms with Crippen LogP contribution in [0.5, 0.6) is 0 Å². The number of rotatable bonds is 5. The topological polar surface area (TPSA) is 70.4 Å². The Morgan fingerprint density at radius 2 is 2.07 bits per heavy atom. The van der Waals surface area contributed by atoms with Gasteiger partial charge in [0.25, 0.3) is 5.91 Å². The van der Waals surface area contributed by atoms with E-state index >= 15 is 0 Å². The average molecular weight is 405 g/mol. The third-order valence-electron chi connectivity index (χ3n) is 5.80. The molecule has 1 saturated heterocycles. The summed E-state index contributed by atoms with van der Waals surface area (Å²) in [5, 5.41) is 8.70. The molecule has 0 bridgehead atoms. The summed E-state index contributed by atoms with van der Waals surface area (Å²) in [6, 6.07) is 17.2. The van der Waals surface area contributed by atoms with Gasteiger partial charge in [0, 0.05) is 30.3 Å². The molecule has 1 aliphatic rings.